The topological polar surface area (TPSA) is 98.2 Å². The molecule has 0 spiro atoms. The van der Waals surface area contributed by atoms with E-state index < -0.39 is 22.0 Å². The third-order valence-electron chi connectivity index (χ3n) is 9.08. The van der Waals surface area contributed by atoms with Crippen molar-refractivity contribution in [2.45, 2.75) is 68.8 Å². The van der Waals surface area contributed by atoms with E-state index in [1.54, 1.807) is 23.1 Å². The molecule has 6 rings (SSSR count). The highest BCUT2D eigenvalue weighted by Crippen LogP contribution is 2.42. The Morgan fingerprint density at radius 1 is 0.952 bits per heavy atom. The summed E-state index contributed by atoms with van der Waals surface area (Å²) in [5.74, 6) is -1.39. The molecule has 1 aliphatic carbocycles. The van der Waals surface area contributed by atoms with Crippen LogP contribution in [0, 0.1) is 5.92 Å². The van der Waals surface area contributed by atoms with Crippen LogP contribution in [0.1, 0.15) is 61.5 Å². The molecular formula is C32H37N3O5S2. The molecule has 3 heterocycles. The standard InChI is InChI=1S/C32H37N3O5S2/c1-22-9-8-18-34(22)25-14-16-26(17-15-25)42(39,40)33-20-28(23-10-4-2-5-11-23)35(30(36)21-33)27-19-29(41-31(27)32(37)38)24-12-6-3-7-13-24/h3,6-7,12-17,19,22-23,28H,2,4-5,8-11,18,20-21H2,1H3,(H,37,38)/t22-,28?/m1/s1. The Hall–Kier alpha value is -3.21. The number of amides is 1. The quantitative estimate of drug-likeness (QED) is 0.349. The van der Waals surface area contributed by atoms with Crippen molar-refractivity contribution >= 4 is 44.6 Å². The zero-order valence-corrected chi connectivity index (χ0v) is 25.4. The molecule has 1 unspecified atom stereocenters. The van der Waals surface area contributed by atoms with E-state index in [9.17, 15) is 23.1 Å². The van der Waals surface area contributed by atoms with E-state index in [2.05, 4.69) is 11.8 Å². The number of aromatic carboxylic acids is 1. The molecule has 3 aliphatic rings. The van der Waals surface area contributed by atoms with Crippen LogP contribution >= 0.6 is 11.3 Å². The molecule has 222 valence electrons. The molecule has 1 aromatic heterocycles. The summed E-state index contributed by atoms with van der Waals surface area (Å²) in [6.07, 6.45) is 7.13. The Balaban J connectivity index is 1.33. The number of carbonyl (C=O) groups excluding carboxylic acids is 1. The Morgan fingerprint density at radius 2 is 1.67 bits per heavy atom. The largest absolute Gasteiger partial charge is 0.477 e. The van der Waals surface area contributed by atoms with E-state index >= 15 is 0 Å². The molecule has 2 aliphatic heterocycles. The number of anilines is 2. The third kappa shape index (κ3) is 5.47. The molecule has 1 N–H and O–H groups in total. The van der Waals surface area contributed by atoms with Crippen LogP contribution in [-0.2, 0) is 14.8 Å². The average molecular weight is 608 g/mol. The first-order valence-corrected chi connectivity index (χ1v) is 17.1. The summed E-state index contributed by atoms with van der Waals surface area (Å²) in [6, 6.07) is 18.3. The second kappa shape index (κ2) is 11.8. The van der Waals surface area contributed by atoms with Crippen molar-refractivity contribution in [2.24, 2.45) is 5.92 Å². The van der Waals surface area contributed by atoms with E-state index in [4.69, 9.17) is 0 Å². The molecule has 1 saturated carbocycles. The number of benzene rings is 2. The van der Waals surface area contributed by atoms with Crippen molar-refractivity contribution in [2.75, 3.05) is 29.4 Å². The van der Waals surface area contributed by atoms with Gasteiger partial charge in [-0.15, -0.1) is 11.3 Å². The first-order valence-electron chi connectivity index (χ1n) is 14.9. The van der Waals surface area contributed by atoms with Gasteiger partial charge in [-0.25, -0.2) is 13.2 Å². The Kier molecular flexibility index (Phi) is 8.13. The van der Waals surface area contributed by atoms with E-state index in [1.165, 1.54) is 4.31 Å². The van der Waals surface area contributed by atoms with Gasteiger partial charge in [0.2, 0.25) is 15.9 Å². The SMILES string of the molecule is C[C@@H]1CCCN1c1ccc(S(=O)(=O)N2CC(=O)N(c3cc(-c4ccccc4)sc3C(=O)O)C(C3CCCCC3)C2)cc1. The molecule has 2 saturated heterocycles. The highest BCUT2D eigenvalue weighted by atomic mass is 32.2. The lowest BCUT2D eigenvalue weighted by Gasteiger charge is -2.44. The lowest BCUT2D eigenvalue weighted by Crippen LogP contribution is -2.60. The minimum atomic E-state index is -3.94. The van der Waals surface area contributed by atoms with Gasteiger partial charge in [-0.3, -0.25) is 4.79 Å². The summed E-state index contributed by atoms with van der Waals surface area (Å²) in [6.45, 7) is 2.95. The minimum Gasteiger partial charge on any atom is -0.477 e. The number of piperazine rings is 1. The second-order valence-corrected chi connectivity index (χ2v) is 14.7. The number of sulfonamides is 1. The van der Waals surface area contributed by atoms with Crippen LogP contribution in [0.25, 0.3) is 10.4 Å². The summed E-state index contributed by atoms with van der Waals surface area (Å²) in [4.78, 5) is 31.3. The van der Waals surface area contributed by atoms with Gasteiger partial charge in [-0.2, -0.15) is 4.31 Å². The summed E-state index contributed by atoms with van der Waals surface area (Å²) in [5.41, 5.74) is 2.26. The molecule has 10 heteroatoms. The van der Waals surface area contributed by atoms with Crippen molar-refractivity contribution in [1.29, 1.82) is 0 Å². The number of thiophene rings is 1. The number of hydrogen-bond acceptors (Lipinski definition) is 6. The molecule has 3 aromatic rings. The number of carboxylic acids is 1. The van der Waals surface area contributed by atoms with E-state index in [0.717, 1.165) is 79.0 Å². The van der Waals surface area contributed by atoms with Crippen LogP contribution < -0.4 is 9.80 Å². The van der Waals surface area contributed by atoms with Gasteiger partial charge >= 0.3 is 5.97 Å². The van der Waals surface area contributed by atoms with E-state index in [-0.39, 0.29) is 34.7 Å². The van der Waals surface area contributed by atoms with Gasteiger partial charge in [0.15, 0.2) is 0 Å². The predicted molar refractivity (Wildman–Crippen MR) is 166 cm³/mol. The summed E-state index contributed by atoms with van der Waals surface area (Å²) in [7, 11) is -3.94. The molecule has 1 amide bonds. The summed E-state index contributed by atoms with van der Waals surface area (Å²) >= 11 is 1.15. The van der Waals surface area contributed by atoms with Crippen molar-refractivity contribution in [3.8, 4) is 10.4 Å². The van der Waals surface area contributed by atoms with Gasteiger partial charge in [-0.05, 0) is 74.4 Å². The third-order valence-corrected chi connectivity index (χ3v) is 12.1. The first-order chi connectivity index (χ1) is 20.2. The molecule has 2 atom stereocenters. The van der Waals surface area contributed by atoms with Crippen LogP contribution in [0.2, 0.25) is 0 Å². The van der Waals surface area contributed by atoms with Crippen LogP contribution in [0.3, 0.4) is 0 Å². The van der Waals surface area contributed by atoms with Gasteiger partial charge in [0.25, 0.3) is 0 Å². The molecule has 0 bridgehead atoms. The highest BCUT2D eigenvalue weighted by Gasteiger charge is 2.44. The monoisotopic (exact) mass is 607 g/mol. The van der Waals surface area contributed by atoms with E-state index in [0.29, 0.717) is 11.7 Å². The fraction of sp³-hybridized carbons (Fsp3) is 0.438. The zero-order chi connectivity index (χ0) is 29.4. The average Bonchev–Trinajstić information content (AvgIpc) is 3.64. The highest BCUT2D eigenvalue weighted by molar-refractivity contribution is 7.89. The fourth-order valence-electron chi connectivity index (χ4n) is 6.88. The van der Waals surface area contributed by atoms with Crippen molar-refractivity contribution < 1.29 is 23.1 Å². The van der Waals surface area contributed by atoms with Crippen molar-refractivity contribution in [1.82, 2.24) is 4.31 Å². The second-order valence-electron chi connectivity index (χ2n) is 11.7. The Bertz CT molecular complexity index is 1550. The molecular weight excluding hydrogens is 571 g/mol. The van der Waals surface area contributed by atoms with Crippen molar-refractivity contribution in [3.05, 3.63) is 65.5 Å². The van der Waals surface area contributed by atoms with Gasteiger partial charge in [0.05, 0.1) is 23.2 Å². The van der Waals surface area contributed by atoms with Gasteiger partial charge in [-0.1, -0.05) is 49.6 Å². The molecule has 0 radical (unpaired) electrons. The van der Waals surface area contributed by atoms with Gasteiger partial charge < -0.3 is 14.9 Å². The fourth-order valence-corrected chi connectivity index (χ4v) is 9.28. The number of rotatable bonds is 7. The molecule has 8 nitrogen and oxygen atoms in total. The van der Waals surface area contributed by atoms with Crippen LogP contribution in [-0.4, -0.2) is 61.4 Å². The normalized spacial score (nSPS) is 22.5. The summed E-state index contributed by atoms with van der Waals surface area (Å²) < 4.78 is 29.1. The Labute approximate surface area is 251 Å². The predicted octanol–water partition coefficient (Wildman–Crippen LogP) is 6.09. The smallest absolute Gasteiger partial charge is 0.348 e. The zero-order valence-electron chi connectivity index (χ0n) is 23.8. The van der Waals surface area contributed by atoms with Crippen LogP contribution in [0.4, 0.5) is 11.4 Å². The number of carboxylic acid groups (broad SMARTS) is 1. The minimum absolute atomic E-state index is 0.0847. The van der Waals surface area contributed by atoms with Crippen molar-refractivity contribution in [3.63, 3.8) is 0 Å². The number of carbonyl (C=O) groups is 2. The lowest BCUT2D eigenvalue weighted by molar-refractivity contribution is -0.121. The van der Waals surface area contributed by atoms with Crippen LogP contribution in [0.15, 0.2) is 65.6 Å². The maximum Gasteiger partial charge on any atom is 0.348 e. The van der Waals surface area contributed by atoms with Gasteiger partial charge in [0, 0.05) is 29.7 Å². The number of nitrogens with zero attached hydrogens (tertiary/aromatic N) is 3. The number of hydrogen-bond donors (Lipinski definition) is 1. The first kappa shape index (κ1) is 28.9. The molecule has 3 fully saturated rings. The molecule has 42 heavy (non-hydrogen) atoms. The maximum atomic E-state index is 13.9. The Morgan fingerprint density at radius 3 is 2.31 bits per heavy atom. The van der Waals surface area contributed by atoms with E-state index in [1.807, 2.05) is 42.5 Å². The van der Waals surface area contributed by atoms with Crippen LogP contribution in [0.5, 0.6) is 0 Å². The lowest BCUT2D eigenvalue weighted by atomic mass is 9.82. The summed E-state index contributed by atoms with van der Waals surface area (Å²) in [5, 5.41) is 10.1. The van der Waals surface area contributed by atoms with Gasteiger partial charge in [0.1, 0.15) is 4.88 Å². The molecule has 2 aromatic carbocycles. The maximum absolute atomic E-state index is 13.9.